The third-order valence-electron chi connectivity index (χ3n) is 4.06. The minimum absolute atomic E-state index is 0.0276. The maximum Gasteiger partial charge on any atom is 0.350 e. The Labute approximate surface area is 178 Å². The lowest BCUT2D eigenvalue weighted by Gasteiger charge is -2.30. The quantitative estimate of drug-likeness (QED) is 0.328. The van der Waals surface area contributed by atoms with Crippen molar-refractivity contribution < 1.29 is 33.3 Å². The smallest absolute Gasteiger partial charge is 0.350 e. The molecule has 1 aromatic rings. The summed E-state index contributed by atoms with van der Waals surface area (Å²) in [6.07, 6.45) is -0.237. The summed E-state index contributed by atoms with van der Waals surface area (Å²) < 4.78 is 21.3. The first-order chi connectivity index (χ1) is 14.1. The van der Waals surface area contributed by atoms with Gasteiger partial charge in [-0.25, -0.2) is 9.59 Å². The molecule has 0 radical (unpaired) electrons. The number of rotatable bonds is 11. The Morgan fingerprint density at radius 3 is 1.97 bits per heavy atom. The highest BCUT2D eigenvalue weighted by Gasteiger charge is 2.50. The van der Waals surface area contributed by atoms with E-state index in [0.717, 1.165) is 5.56 Å². The molecule has 0 spiro atoms. The summed E-state index contributed by atoms with van der Waals surface area (Å²) >= 11 is 0. The van der Waals surface area contributed by atoms with E-state index in [1.54, 1.807) is 46.8 Å². The number of hydrogen-bond acceptors (Lipinski definition) is 8. The average molecular weight is 424 g/mol. The van der Waals surface area contributed by atoms with E-state index in [2.05, 4.69) is 0 Å². The predicted molar refractivity (Wildman–Crippen MR) is 110 cm³/mol. The Balaban J connectivity index is 3.10. The second kappa shape index (κ2) is 11.7. The van der Waals surface area contributed by atoms with Crippen molar-refractivity contribution in [1.29, 1.82) is 0 Å². The van der Waals surface area contributed by atoms with Crippen molar-refractivity contribution in [3.63, 3.8) is 0 Å². The lowest BCUT2D eigenvalue weighted by atomic mass is 9.94. The predicted octanol–water partition coefficient (Wildman–Crippen LogP) is 2.52. The van der Waals surface area contributed by atoms with Crippen molar-refractivity contribution in [1.82, 2.24) is 0 Å². The Hall–Kier alpha value is -2.45. The van der Waals surface area contributed by atoms with Gasteiger partial charge in [-0.05, 0) is 46.6 Å². The molecular formula is C22H33NO7. The van der Waals surface area contributed by atoms with Gasteiger partial charge >= 0.3 is 17.9 Å². The van der Waals surface area contributed by atoms with Crippen molar-refractivity contribution in [3.05, 3.63) is 35.9 Å². The first-order valence-corrected chi connectivity index (χ1v) is 10.1. The van der Waals surface area contributed by atoms with Gasteiger partial charge in [0, 0.05) is 6.42 Å². The molecule has 1 aromatic carbocycles. The van der Waals surface area contributed by atoms with Gasteiger partial charge in [0.15, 0.2) is 0 Å². The van der Waals surface area contributed by atoms with Gasteiger partial charge in [-0.1, -0.05) is 30.3 Å². The molecule has 0 aliphatic rings. The van der Waals surface area contributed by atoms with E-state index < -0.39 is 35.2 Å². The molecular weight excluding hydrogens is 390 g/mol. The molecule has 8 heteroatoms. The van der Waals surface area contributed by atoms with Crippen LogP contribution in [0, 0.1) is 0 Å². The van der Waals surface area contributed by atoms with Gasteiger partial charge in [0.1, 0.15) is 11.6 Å². The maximum absolute atomic E-state index is 12.8. The highest BCUT2D eigenvalue weighted by Crippen LogP contribution is 2.26. The van der Waals surface area contributed by atoms with Crippen molar-refractivity contribution in [3.8, 4) is 0 Å². The fourth-order valence-corrected chi connectivity index (χ4v) is 2.61. The van der Waals surface area contributed by atoms with Gasteiger partial charge in [0.25, 0.3) is 5.60 Å². The van der Waals surface area contributed by atoms with Crippen molar-refractivity contribution in [2.75, 3.05) is 13.2 Å². The highest BCUT2D eigenvalue weighted by atomic mass is 16.6. The minimum Gasteiger partial charge on any atom is -0.463 e. The van der Waals surface area contributed by atoms with Gasteiger partial charge in [-0.15, -0.1) is 0 Å². The number of carbonyl (C=O) groups excluding carboxylic acids is 3. The molecule has 30 heavy (non-hydrogen) atoms. The minimum atomic E-state index is -2.04. The normalized spacial score (nSPS) is 12.7. The summed E-state index contributed by atoms with van der Waals surface area (Å²) in [5, 5.41) is 0. The number of ether oxygens (including phenoxy) is 4. The number of esters is 3. The molecule has 168 valence electrons. The second-order valence-electron chi connectivity index (χ2n) is 7.72. The van der Waals surface area contributed by atoms with E-state index in [4.69, 9.17) is 24.7 Å². The third kappa shape index (κ3) is 7.76. The van der Waals surface area contributed by atoms with E-state index in [1.165, 1.54) is 0 Å². The van der Waals surface area contributed by atoms with Crippen molar-refractivity contribution >= 4 is 17.9 Å². The van der Waals surface area contributed by atoms with Crippen LogP contribution in [0.25, 0.3) is 0 Å². The van der Waals surface area contributed by atoms with Crippen molar-refractivity contribution in [2.24, 2.45) is 5.73 Å². The number of hydrogen-bond donors (Lipinski definition) is 1. The molecule has 0 saturated heterocycles. The second-order valence-corrected chi connectivity index (χ2v) is 7.72. The van der Waals surface area contributed by atoms with E-state index >= 15 is 0 Å². The van der Waals surface area contributed by atoms with Crippen LogP contribution in [0.5, 0.6) is 0 Å². The summed E-state index contributed by atoms with van der Waals surface area (Å²) in [5.74, 6) is -2.39. The van der Waals surface area contributed by atoms with E-state index in [9.17, 15) is 14.4 Å². The van der Waals surface area contributed by atoms with Crippen LogP contribution in [0.2, 0.25) is 0 Å². The SMILES string of the molecule is CCOC(=O)C(CCC(N)C(=O)OC(C)(C)C)(OCc1ccccc1)C(=O)OCC. The fraction of sp³-hybridized carbons (Fsp3) is 0.591. The first-order valence-electron chi connectivity index (χ1n) is 10.1. The monoisotopic (exact) mass is 423 g/mol. The molecule has 1 unspecified atom stereocenters. The fourth-order valence-electron chi connectivity index (χ4n) is 2.61. The van der Waals surface area contributed by atoms with Gasteiger partial charge < -0.3 is 24.7 Å². The Morgan fingerprint density at radius 1 is 0.967 bits per heavy atom. The Morgan fingerprint density at radius 2 is 1.50 bits per heavy atom. The summed E-state index contributed by atoms with van der Waals surface area (Å²) in [6, 6.07) is 8.02. The van der Waals surface area contributed by atoms with Crippen LogP contribution in [-0.2, 0) is 39.9 Å². The molecule has 0 aromatic heterocycles. The van der Waals surface area contributed by atoms with Crippen LogP contribution >= 0.6 is 0 Å². The Bertz CT molecular complexity index is 679. The molecule has 1 rings (SSSR count). The van der Waals surface area contributed by atoms with Crippen LogP contribution in [0.3, 0.4) is 0 Å². The summed E-state index contributed by atoms with van der Waals surface area (Å²) in [4.78, 5) is 37.8. The van der Waals surface area contributed by atoms with Crippen LogP contribution in [-0.4, -0.2) is 48.4 Å². The number of nitrogens with two attached hydrogens (primary N) is 1. The molecule has 2 N–H and O–H groups in total. The van der Waals surface area contributed by atoms with Crippen LogP contribution in [0.4, 0.5) is 0 Å². The molecule has 0 bridgehead atoms. The summed E-state index contributed by atoms with van der Waals surface area (Å²) in [5.41, 5.74) is 3.96. The summed E-state index contributed by atoms with van der Waals surface area (Å²) in [6.45, 7) is 8.49. The number of benzene rings is 1. The maximum atomic E-state index is 12.8. The molecule has 0 saturated carbocycles. The van der Waals surface area contributed by atoms with E-state index in [0.29, 0.717) is 0 Å². The molecule has 0 aliphatic heterocycles. The summed E-state index contributed by atoms with van der Waals surface area (Å²) in [7, 11) is 0. The molecule has 0 aliphatic carbocycles. The van der Waals surface area contributed by atoms with Gasteiger partial charge in [-0.2, -0.15) is 0 Å². The zero-order valence-electron chi connectivity index (χ0n) is 18.4. The lowest BCUT2D eigenvalue weighted by molar-refractivity contribution is -0.194. The standard InChI is InChI=1S/C22H33NO7/c1-6-27-19(25)22(20(26)28-7-2,29-15-16-11-9-8-10-12-16)14-13-17(23)18(24)30-21(3,4)5/h8-12,17H,6-7,13-15,23H2,1-5H3. The first kappa shape index (κ1) is 25.6. The zero-order valence-corrected chi connectivity index (χ0v) is 18.4. The van der Waals surface area contributed by atoms with Gasteiger partial charge in [0.05, 0.1) is 19.8 Å². The topological polar surface area (TPSA) is 114 Å². The van der Waals surface area contributed by atoms with Crippen LogP contribution in [0.15, 0.2) is 30.3 Å². The van der Waals surface area contributed by atoms with Crippen LogP contribution < -0.4 is 5.73 Å². The molecule has 1 atom stereocenters. The van der Waals surface area contributed by atoms with Gasteiger partial charge in [0.2, 0.25) is 0 Å². The largest absolute Gasteiger partial charge is 0.463 e. The Kier molecular flexibility index (Phi) is 9.95. The van der Waals surface area contributed by atoms with Gasteiger partial charge in [-0.3, -0.25) is 4.79 Å². The lowest BCUT2D eigenvalue weighted by Crippen LogP contribution is -2.52. The third-order valence-corrected chi connectivity index (χ3v) is 4.06. The number of carbonyl (C=O) groups is 3. The van der Waals surface area contributed by atoms with E-state index in [1.807, 2.05) is 18.2 Å². The van der Waals surface area contributed by atoms with Crippen LogP contribution in [0.1, 0.15) is 53.0 Å². The van der Waals surface area contributed by atoms with Crippen molar-refractivity contribution in [2.45, 2.75) is 71.3 Å². The molecule has 0 heterocycles. The molecule has 0 amide bonds. The average Bonchev–Trinajstić information content (AvgIpc) is 2.67. The zero-order chi connectivity index (χ0) is 22.8. The molecule has 0 fully saturated rings. The highest BCUT2D eigenvalue weighted by molar-refractivity contribution is 6.03. The van der Waals surface area contributed by atoms with E-state index in [-0.39, 0.29) is 32.7 Å². The molecule has 8 nitrogen and oxygen atoms in total.